The lowest BCUT2D eigenvalue weighted by atomic mass is 10.1. The van der Waals surface area contributed by atoms with Crippen molar-refractivity contribution >= 4 is 16.9 Å². The molecule has 2 heterocycles. The molecule has 0 saturated heterocycles. The number of nitrogens with zero attached hydrogens (tertiary/aromatic N) is 1. The van der Waals surface area contributed by atoms with Crippen molar-refractivity contribution < 1.29 is 13.6 Å². The molecule has 152 valence electrons. The number of benzene rings is 2. The minimum atomic E-state index is -0.372. The fourth-order valence-electron chi connectivity index (χ4n) is 3.59. The molecule has 0 bridgehead atoms. The van der Waals surface area contributed by atoms with E-state index in [1.807, 2.05) is 37.3 Å². The summed E-state index contributed by atoms with van der Waals surface area (Å²) >= 11 is 0. The number of carbonyl (C=O) groups excluding carboxylic acids is 1. The molecule has 2 aromatic heterocycles. The smallest absolute Gasteiger partial charge is 0.262 e. The average Bonchev–Trinajstić information content (AvgIpc) is 3.07. The van der Waals surface area contributed by atoms with E-state index in [0.29, 0.717) is 16.9 Å². The molecule has 0 fully saturated rings. The Morgan fingerprint density at radius 2 is 1.90 bits per heavy atom. The number of hydrogen-bond donors (Lipinski definition) is 1. The number of hydrogen-bond acceptors (Lipinski definition) is 3. The highest BCUT2D eigenvalue weighted by Gasteiger charge is 2.23. The normalized spacial score (nSPS) is 12.1. The molecule has 4 rings (SSSR count). The third-order valence-corrected chi connectivity index (χ3v) is 5.11. The van der Waals surface area contributed by atoms with Gasteiger partial charge >= 0.3 is 0 Å². The van der Waals surface area contributed by atoms with Crippen LogP contribution in [0, 0.1) is 12.7 Å². The Hall–Kier alpha value is -3.67. The van der Waals surface area contributed by atoms with Crippen LogP contribution in [0.2, 0.25) is 0 Å². The maximum Gasteiger partial charge on any atom is 0.262 e. The van der Waals surface area contributed by atoms with Gasteiger partial charge in [0.1, 0.15) is 17.2 Å². The molecular weight excluding hydrogens is 383 g/mol. The summed E-state index contributed by atoms with van der Waals surface area (Å²) in [6, 6.07) is 17.1. The van der Waals surface area contributed by atoms with Gasteiger partial charge in [-0.15, -0.1) is 0 Å². The van der Waals surface area contributed by atoms with Crippen molar-refractivity contribution in [1.82, 2.24) is 9.88 Å². The molecule has 6 heteroatoms. The van der Waals surface area contributed by atoms with E-state index in [1.165, 1.54) is 16.7 Å². The van der Waals surface area contributed by atoms with Gasteiger partial charge in [0.25, 0.3) is 11.5 Å². The van der Waals surface area contributed by atoms with Crippen molar-refractivity contribution in [1.29, 1.82) is 0 Å². The standard InChI is InChI=1S/C24H21FN2O3/c1-15(18-8-4-3-5-9-18)26-23(28)21-16(2)30-20-11-12-27(24(29)22(20)21)14-17-7-6-10-19(25)13-17/h3-13,15H,14H2,1-2H3,(H,26,28)/t15-/m0/s1. The van der Waals surface area contributed by atoms with Crippen LogP contribution in [-0.4, -0.2) is 10.5 Å². The van der Waals surface area contributed by atoms with Gasteiger partial charge in [-0.25, -0.2) is 4.39 Å². The van der Waals surface area contributed by atoms with E-state index < -0.39 is 0 Å². The fraction of sp³-hybridized carbons (Fsp3) is 0.167. The van der Waals surface area contributed by atoms with Gasteiger partial charge in [-0.05, 0) is 43.2 Å². The number of aryl methyl sites for hydroxylation is 1. The highest BCUT2D eigenvalue weighted by molar-refractivity contribution is 6.07. The predicted molar refractivity (Wildman–Crippen MR) is 113 cm³/mol. The number of amides is 1. The van der Waals surface area contributed by atoms with Crippen LogP contribution in [-0.2, 0) is 6.54 Å². The lowest BCUT2D eigenvalue weighted by molar-refractivity contribution is 0.0939. The van der Waals surface area contributed by atoms with Crippen molar-refractivity contribution in [2.45, 2.75) is 26.4 Å². The zero-order chi connectivity index (χ0) is 21.3. The van der Waals surface area contributed by atoms with Crippen molar-refractivity contribution in [3.05, 3.63) is 105 Å². The Morgan fingerprint density at radius 3 is 2.63 bits per heavy atom. The first kappa shape index (κ1) is 19.6. The summed E-state index contributed by atoms with van der Waals surface area (Å²) in [5, 5.41) is 3.16. The first-order valence-electron chi connectivity index (χ1n) is 9.67. The number of fused-ring (bicyclic) bond motifs is 1. The maximum atomic E-state index is 13.5. The van der Waals surface area contributed by atoms with Crippen LogP contribution in [0.25, 0.3) is 11.0 Å². The van der Waals surface area contributed by atoms with Crippen LogP contribution >= 0.6 is 0 Å². The average molecular weight is 404 g/mol. The first-order chi connectivity index (χ1) is 14.4. The summed E-state index contributed by atoms with van der Waals surface area (Å²) in [6.07, 6.45) is 1.59. The second-order valence-corrected chi connectivity index (χ2v) is 7.26. The molecule has 5 nitrogen and oxygen atoms in total. The van der Waals surface area contributed by atoms with E-state index >= 15 is 0 Å². The number of pyridine rings is 1. The molecule has 0 radical (unpaired) electrons. The summed E-state index contributed by atoms with van der Waals surface area (Å²) in [5.41, 5.74) is 1.84. The molecule has 2 aromatic carbocycles. The quantitative estimate of drug-likeness (QED) is 0.530. The third-order valence-electron chi connectivity index (χ3n) is 5.11. The molecule has 1 N–H and O–H groups in total. The molecule has 0 unspecified atom stereocenters. The summed E-state index contributed by atoms with van der Waals surface area (Å²) < 4.78 is 20.6. The fourth-order valence-corrected chi connectivity index (χ4v) is 3.59. The molecule has 0 aliphatic heterocycles. The molecular formula is C24H21FN2O3. The number of nitrogens with one attached hydrogen (secondary N) is 1. The van der Waals surface area contributed by atoms with Crippen LogP contribution in [0.3, 0.4) is 0 Å². The highest BCUT2D eigenvalue weighted by atomic mass is 19.1. The zero-order valence-electron chi connectivity index (χ0n) is 16.7. The monoisotopic (exact) mass is 404 g/mol. The van der Waals surface area contributed by atoms with Gasteiger partial charge in [-0.3, -0.25) is 9.59 Å². The summed E-state index contributed by atoms with van der Waals surface area (Å²) in [6.45, 7) is 3.74. The van der Waals surface area contributed by atoms with E-state index in [-0.39, 0.29) is 40.8 Å². The van der Waals surface area contributed by atoms with Crippen molar-refractivity contribution in [2.75, 3.05) is 0 Å². The van der Waals surface area contributed by atoms with E-state index in [4.69, 9.17) is 4.42 Å². The molecule has 0 saturated carbocycles. The van der Waals surface area contributed by atoms with Crippen LogP contribution in [0.4, 0.5) is 4.39 Å². The molecule has 1 atom stereocenters. The van der Waals surface area contributed by atoms with E-state index in [2.05, 4.69) is 5.32 Å². The summed E-state index contributed by atoms with van der Waals surface area (Å²) in [7, 11) is 0. The van der Waals surface area contributed by atoms with Crippen LogP contribution in [0.15, 0.2) is 76.1 Å². The van der Waals surface area contributed by atoms with E-state index in [1.54, 1.807) is 31.3 Å². The molecule has 0 spiro atoms. The number of rotatable bonds is 5. The Labute approximate surface area is 172 Å². The highest BCUT2D eigenvalue weighted by Crippen LogP contribution is 2.24. The van der Waals surface area contributed by atoms with Crippen molar-refractivity contribution in [3.63, 3.8) is 0 Å². The topological polar surface area (TPSA) is 64.2 Å². The van der Waals surface area contributed by atoms with Gasteiger partial charge in [0.2, 0.25) is 0 Å². The second kappa shape index (κ2) is 7.99. The van der Waals surface area contributed by atoms with Crippen molar-refractivity contribution in [2.24, 2.45) is 0 Å². The number of carbonyl (C=O) groups is 1. The lowest BCUT2D eigenvalue weighted by Crippen LogP contribution is -2.29. The number of furan rings is 1. The Balaban J connectivity index is 1.70. The molecule has 4 aromatic rings. The van der Waals surface area contributed by atoms with Gasteiger partial charge in [-0.2, -0.15) is 0 Å². The van der Waals surface area contributed by atoms with Gasteiger partial charge < -0.3 is 14.3 Å². The third kappa shape index (κ3) is 3.76. The first-order valence-corrected chi connectivity index (χ1v) is 9.67. The second-order valence-electron chi connectivity index (χ2n) is 7.26. The van der Waals surface area contributed by atoms with Crippen LogP contribution in [0.5, 0.6) is 0 Å². The summed E-state index contributed by atoms with van der Waals surface area (Å²) in [4.78, 5) is 26.2. The minimum Gasteiger partial charge on any atom is -0.460 e. The van der Waals surface area contributed by atoms with Gasteiger partial charge in [0.05, 0.1) is 23.5 Å². The lowest BCUT2D eigenvalue weighted by Gasteiger charge is -2.14. The minimum absolute atomic E-state index is 0.193. The van der Waals surface area contributed by atoms with Gasteiger partial charge in [0.15, 0.2) is 0 Å². The molecule has 0 aliphatic rings. The van der Waals surface area contributed by atoms with Crippen LogP contribution in [0.1, 0.15) is 40.2 Å². The zero-order valence-corrected chi connectivity index (χ0v) is 16.7. The number of aromatic nitrogens is 1. The molecule has 0 aliphatic carbocycles. The van der Waals surface area contributed by atoms with Crippen LogP contribution < -0.4 is 10.9 Å². The SMILES string of the molecule is Cc1oc2ccn(Cc3cccc(F)c3)c(=O)c2c1C(=O)N[C@@H](C)c1ccccc1. The Morgan fingerprint density at radius 1 is 1.13 bits per heavy atom. The Bertz CT molecular complexity index is 1270. The largest absolute Gasteiger partial charge is 0.460 e. The van der Waals surface area contributed by atoms with E-state index in [0.717, 1.165) is 5.56 Å². The molecule has 30 heavy (non-hydrogen) atoms. The number of halogens is 1. The Kier molecular flexibility index (Phi) is 5.23. The summed E-state index contributed by atoms with van der Waals surface area (Å²) in [5.74, 6) is -0.359. The molecule has 1 amide bonds. The van der Waals surface area contributed by atoms with Gasteiger partial charge in [-0.1, -0.05) is 42.5 Å². The van der Waals surface area contributed by atoms with Crippen molar-refractivity contribution in [3.8, 4) is 0 Å². The predicted octanol–water partition coefficient (Wildman–Crippen LogP) is 4.58. The van der Waals surface area contributed by atoms with Gasteiger partial charge in [0, 0.05) is 6.20 Å². The van der Waals surface area contributed by atoms with E-state index in [9.17, 15) is 14.0 Å². The maximum absolute atomic E-state index is 13.5.